The lowest BCUT2D eigenvalue weighted by atomic mass is 9.99. The fourth-order valence-electron chi connectivity index (χ4n) is 1.88. The molecule has 2 rings (SSSR count). The van der Waals surface area contributed by atoms with Gasteiger partial charge in [0.05, 0.1) is 0 Å². The molecule has 0 atom stereocenters. The molecule has 0 radical (unpaired) electrons. The molecule has 2 aromatic carbocycles. The topological polar surface area (TPSA) is 17.1 Å². The van der Waals surface area contributed by atoms with Crippen molar-refractivity contribution in [2.24, 2.45) is 0 Å². The summed E-state index contributed by atoms with van der Waals surface area (Å²) < 4.78 is 0. The smallest absolute Gasteiger partial charge is 0.167 e. The first-order chi connectivity index (χ1) is 8.99. The summed E-state index contributed by atoms with van der Waals surface area (Å²) in [7, 11) is 0. The maximum Gasteiger partial charge on any atom is 0.167 e. The van der Waals surface area contributed by atoms with Crippen LogP contribution in [0.4, 0.5) is 0 Å². The van der Waals surface area contributed by atoms with Gasteiger partial charge in [0.1, 0.15) is 0 Å². The summed E-state index contributed by atoms with van der Waals surface area (Å²) in [6.45, 7) is 4.02. The molecule has 0 saturated carbocycles. The highest BCUT2D eigenvalue weighted by Gasteiger charge is 2.13. The van der Waals surface area contributed by atoms with Crippen LogP contribution in [0.2, 0.25) is 10.0 Å². The van der Waals surface area contributed by atoms with Crippen LogP contribution >= 0.6 is 23.2 Å². The number of hydrogen-bond acceptors (Lipinski definition) is 1. The van der Waals surface area contributed by atoms with Gasteiger partial charge in [0.25, 0.3) is 0 Å². The molecule has 3 heteroatoms. The molecular formula is C16H14Cl2O. The third-order valence-electron chi connectivity index (χ3n) is 3.23. The number of carbonyl (C=O) groups excluding carboxylic acids is 1. The van der Waals surface area contributed by atoms with E-state index in [0.29, 0.717) is 21.2 Å². The molecule has 0 aromatic heterocycles. The lowest BCUT2D eigenvalue weighted by Crippen LogP contribution is -2.05. The van der Waals surface area contributed by atoms with Crippen molar-refractivity contribution in [1.82, 2.24) is 0 Å². The van der Waals surface area contributed by atoms with Crippen LogP contribution in [0.15, 0.2) is 36.4 Å². The van der Waals surface area contributed by atoms with E-state index in [9.17, 15) is 4.79 Å². The van der Waals surface area contributed by atoms with Crippen LogP contribution in [0, 0.1) is 13.8 Å². The molecule has 19 heavy (non-hydrogen) atoms. The zero-order valence-corrected chi connectivity index (χ0v) is 12.3. The average molecular weight is 293 g/mol. The van der Waals surface area contributed by atoms with Crippen molar-refractivity contribution >= 4 is 29.0 Å². The molecule has 0 unspecified atom stereocenters. The Morgan fingerprint density at radius 1 is 1.00 bits per heavy atom. The van der Waals surface area contributed by atoms with Gasteiger partial charge in [-0.25, -0.2) is 0 Å². The molecule has 0 N–H and O–H groups in total. The van der Waals surface area contributed by atoms with Crippen molar-refractivity contribution in [2.45, 2.75) is 20.3 Å². The van der Waals surface area contributed by atoms with Gasteiger partial charge in [-0.3, -0.25) is 4.79 Å². The number of hydrogen-bond donors (Lipinski definition) is 0. The van der Waals surface area contributed by atoms with Crippen molar-refractivity contribution in [3.8, 4) is 0 Å². The highest BCUT2D eigenvalue weighted by Crippen LogP contribution is 2.26. The number of rotatable bonds is 3. The minimum Gasteiger partial charge on any atom is -0.294 e. The van der Waals surface area contributed by atoms with Gasteiger partial charge in [0, 0.05) is 22.0 Å². The van der Waals surface area contributed by atoms with E-state index in [0.717, 1.165) is 5.56 Å². The van der Waals surface area contributed by atoms with E-state index in [4.69, 9.17) is 23.2 Å². The van der Waals surface area contributed by atoms with Gasteiger partial charge in [0.15, 0.2) is 5.78 Å². The molecule has 0 saturated heterocycles. The second-order valence-electron chi connectivity index (χ2n) is 4.60. The van der Waals surface area contributed by atoms with E-state index in [1.54, 1.807) is 18.2 Å². The van der Waals surface area contributed by atoms with Crippen LogP contribution < -0.4 is 0 Å². The predicted molar refractivity (Wildman–Crippen MR) is 80.4 cm³/mol. The van der Waals surface area contributed by atoms with Crippen molar-refractivity contribution in [1.29, 1.82) is 0 Å². The van der Waals surface area contributed by atoms with Crippen LogP contribution in [0.3, 0.4) is 0 Å². The molecule has 0 fully saturated rings. The van der Waals surface area contributed by atoms with Crippen LogP contribution in [0.25, 0.3) is 0 Å². The Balaban J connectivity index is 2.28. The highest BCUT2D eigenvalue weighted by molar-refractivity contribution is 6.36. The lowest BCUT2D eigenvalue weighted by molar-refractivity contribution is 0.0993. The summed E-state index contributed by atoms with van der Waals surface area (Å²) in [5.74, 6) is 0.0260. The maximum absolute atomic E-state index is 12.3. The molecule has 1 nitrogen and oxygen atoms in total. The molecule has 0 aliphatic heterocycles. The summed E-state index contributed by atoms with van der Waals surface area (Å²) in [5, 5.41) is 1.06. The lowest BCUT2D eigenvalue weighted by Gasteiger charge is -2.07. The first kappa shape index (κ1) is 14.1. The van der Waals surface area contributed by atoms with E-state index in [-0.39, 0.29) is 12.2 Å². The van der Waals surface area contributed by atoms with E-state index in [1.165, 1.54) is 5.56 Å². The molecule has 0 bridgehead atoms. The summed E-state index contributed by atoms with van der Waals surface area (Å²) >= 11 is 12.2. The number of halogens is 2. The zero-order chi connectivity index (χ0) is 14.0. The molecular weight excluding hydrogens is 279 g/mol. The third kappa shape index (κ3) is 3.17. The fraction of sp³-hybridized carbons (Fsp3) is 0.188. The summed E-state index contributed by atoms with van der Waals surface area (Å²) in [6, 6.07) is 11.0. The first-order valence-corrected chi connectivity index (χ1v) is 6.78. The molecule has 0 aliphatic rings. The number of aryl methyl sites for hydroxylation is 2. The second kappa shape index (κ2) is 5.77. The SMILES string of the molecule is Cc1ccc(C(=O)Cc2c(Cl)cccc2Cl)cc1C. The zero-order valence-electron chi connectivity index (χ0n) is 10.8. The Hall–Kier alpha value is -1.31. The van der Waals surface area contributed by atoms with E-state index < -0.39 is 0 Å². The van der Waals surface area contributed by atoms with Crippen molar-refractivity contribution in [3.63, 3.8) is 0 Å². The van der Waals surface area contributed by atoms with Crippen LogP contribution in [0.5, 0.6) is 0 Å². The van der Waals surface area contributed by atoms with Gasteiger partial charge >= 0.3 is 0 Å². The number of benzene rings is 2. The molecule has 98 valence electrons. The highest BCUT2D eigenvalue weighted by atomic mass is 35.5. The normalized spacial score (nSPS) is 10.5. The fourth-order valence-corrected chi connectivity index (χ4v) is 2.41. The molecule has 0 amide bonds. The largest absolute Gasteiger partial charge is 0.294 e. The summed E-state index contributed by atoms with van der Waals surface area (Å²) in [4.78, 5) is 12.3. The Bertz CT molecular complexity index is 612. The second-order valence-corrected chi connectivity index (χ2v) is 5.41. The molecule has 0 spiro atoms. The van der Waals surface area contributed by atoms with E-state index in [1.807, 2.05) is 32.0 Å². The summed E-state index contributed by atoms with van der Waals surface area (Å²) in [5.41, 5.74) is 3.66. The Morgan fingerprint density at radius 2 is 1.63 bits per heavy atom. The number of carbonyl (C=O) groups is 1. The minimum absolute atomic E-state index is 0.0260. The number of ketones is 1. The van der Waals surface area contributed by atoms with Crippen molar-refractivity contribution in [3.05, 3.63) is 68.7 Å². The Kier molecular flexibility index (Phi) is 4.28. The minimum atomic E-state index is 0.0260. The van der Waals surface area contributed by atoms with Crippen LogP contribution in [0.1, 0.15) is 27.0 Å². The van der Waals surface area contributed by atoms with Crippen LogP contribution in [-0.4, -0.2) is 5.78 Å². The van der Waals surface area contributed by atoms with Crippen molar-refractivity contribution in [2.75, 3.05) is 0 Å². The Labute approximate surface area is 123 Å². The Morgan fingerprint density at radius 3 is 2.21 bits per heavy atom. The van der Waals surface area contributed by atoms with Gasteiger partial charge in [-0.15, -0.1) is 0 Å². The van der Waals surface area contributed by atoms with Gasteiger partial charge in [-0.1, -0.05) is 41.4 Å². The quantitative estimate of drug-likeness (QED) is 0.725. The molecule has 2 aromatic rings. The van der Waals surface area contributed by atoms with Crippen molar-refractivity contribution < 1.29 is 4.79 Å². The summed E-state index contributed by atoms with van der Waals surface area (Å²) in [6.07, 6.45) is 0.223. The monoisotopic (exact) mass is 292 g/mol. The van der Waals surface area contributed by atoms with E-state index in [2.05, 4.69) is 0 Å². The van der Waals surface area contributed by atoms with Gasteiger partial charge in [-0.05, 0) is 48.7 Å². The van der Waals surface area contributed by atoms with Gasteiger partial charge < -0.3 is 0 Å². The average Bonchev–Trinajstić information content (AvgIpc) is 2.37. The third-order valence-corrected chi connectivity index (χ3v) is 3.94. The standard InChI is InChI=1S/C16H14Cl2O/c1-10-6-7-12(8-11(10)2)16(19)9-13-14(17)4-3-5-15(13)18/h3-8H,9H2,1-2H3. The molecule has 0 aliphatic carbocycles. The van der Waals surface area contributed by atoms with Gasteiger partial charge in [0.2, 0.25) is 0 Å². The first-order valence-electron chi connectivity index (χ1n) is 6.02. The predicted octanol–water partition coefficient (Wildman–Crippen LogP) is 5.04. The van der Waals surface area contributed by atoms with Gasteiger partial charge in [-0.2, -0.15) is 0 Å². The number of Topliss-reactive ketones (excluding diaryl/α,β-unsaturated/α-hetero) is 1. The molecule has 0 heterocycles. The van der Waals surface area contributed by atoms with Crippen LogP contribution in [-0.2, 0) is 6.42 Å². The maximum atomic E-state index is 12.3. The van der Waals surface area contributed by atoms with E-state index >= 15 is 0 Å².